The highest BCUT2D eigenvalue weighted by molar-refractivity contribution is 6.04. The molecule has 3 aromatic rings. The van der Waals surface area contributed by atoms with Crippen molar-refractivity contribution in [3.63, 3.8) is 0 Å². The van der Waals surface area contributed by atoms with Gasteiger partial charge in [-0.1, -0.05) is 43.3 Å². The first-order valence-corrected chi connectivity index (χ1v) is 9.65. The minimum atomic E-state index is -0.159. The van der Waals surface area contributed by atoms with Crippen LogP contribution in [0.2, 0.25) is 0 Å². The van der Waals surface area contributed by atoms with Gasteiger partial charge in [0.05, 0.1) is 12.2 Å². The smallest absolute Gasteiger partial charge is 0.265 e. The lowest BCUT2D eigenvalue weighted by Crippen LogP contribution is -2.38. The summed E-state index contributed by atoms with van der Waals surface area (Å²) >= 11 is 0. The van der Waals surface area contributed by atoms with Crippen LogP contribution >= 0.6 is 0 Å². The van der Waals surface area contributed by atoms with Gasteiger partial charge in [0.25, 0.3) is 11.8 Å². The van der Waals surface area contributed by atoms with E-state index < -0.39 is 0 Å². The van der Waals surface area contributed by atoms with E-state index in [0.717, 1.165) is 23.4 Å². The van der Waals surface area contributed by atoms with E-state index >= 15 is 0 Å². The van der Waals surface area contributed by atoms with Crippen LogP contribution in [0, 0.1) is 0 Å². The molecule has 0 saturated heterocycles. The lowest BCUT2D eigenvalue weighted by Gasteiger charge is -2.29. The van der Waals surface area contributed by atoms with E-state index in [4.69, 9.17) is 4.74 Å². The number of ether oxygens (including phenoxy) is 1. The average Bonchev–Trinajstić information content (AvgIpc) is 2.77. The van der Waals surface area contributed by atoms with Crippen molar-refractivity contribution >= 4 is 23.2 Å². The number of nitrogens with zero attached hydrogens (tertiary/aromatic N) is 1. The first-order chi connectivity index (χ1) is 14.1. The molecule has 1 aliphatic heterocycles. The van der Waals surface area contributed by atoms with Crippen LogP contribution in [-0.2, 0) is 17.8 Å². The van der Waals surface area contributed by atoms with Crippen molar-refractivity contribution in [2.24, 2.45) is 0 Å². The van der Waals surface area contributed by atoms with Gasteiger partial charge in [-0.15, -0.1) is 0 Å². The Hall–Kier alpha value is -3.60. The molecule has 1 N–H and O–H groups in total. The Balaban J connectivity index is 1.45. The van der Waals surface area contributed by atoms with E-state index in [2.05, 4.69) is 12.2 Å². The van der Waals surface area contributed by atoms with Gasteiger partial charge in [0, 0.05) is 11.3 Å². The summed E-state index contributed by atoms with van der Waals surface area (Å²) in [5.74, 6) is 0.465. The van der Waals surface area contributed by atoms with Crippen molar-refractivity contribution in [2.45, 2.75) is 19.9 Å². The molecule has 0 fully saturated rings. The monoisotopic (exact) mass is 386 g/mol. The Morgan fingerprint density at radius 1 is 0.966 bits per heavy atom. The lowest BCUT2D eigenvalue weighted by molar-refractivity contribution is -0.121. The summed E-state index contributed by atoms with van der Waals surface area (Å²) in [6, 6.07) is 22.6. The number of carbonyl (C=O) groups excluding carboxylic acids is 2. The van der Waals surface area contributed by atoms with Crippen LogP contribution in [0.15, 0.2) is 72.8 Å². The maximum absolute atomic E-state index is 12.5. The van der Waals surface area contributed by atoms with Crippen LogP contribution in [0.5, 0.6) is 5.75 Å². The van der Waals surface area contributed by atoms with Crippen molar-refractivity contribution in [3.8, 4) is 5.75 Å². The molecule has 0 aliphatic carbocycles. The third-order valence-electron chi connectivity index (χ3n) is 4.99. The molecule has 0 bridgehead atoms. The predicted octanol–water partition coefficient (Wildman–Crippen LogP) is 4.43. The van der Waals surface area contributed by atoms with Gasteiger partial charge in [0.15, 0.2) is 6.61 Å². The Morgan fingerprint density at radius 3 is 2.38 bits per heavy atom. The molecule has 0 radical (unpaired) electrons. The molecule has 0 aromatic heterocycles. The summed E-state index contributed by atoms with van der Waals surface area (Å²) < 4.78 is 5.48. The Labute approximate surface area is 169 Å². The SMILES string of the molecule is CCc1ccc(NC(=O)c2ccc(CN3C(=O)COc4ccccc43)cc2)cc1. The highest BCUT2D eigenvalue weighted by atomic mass is 16.5. The normalized spacial score (nSPS) is 12.9. The van der Waals surface area contributed by atoms with Crippen LogP contribution in [0.1, 0.15) is 28.4 Å². The zero-order valence-corrected chi connectivity index (χ0v) is 16.2. The van der Waals surface area contributed by atoms with Gasteiger partial charge < -0.3 is 15.0 Å². The summed E-state index contributed by atoms with van der Waals surface area (Å²) in [5, 5.41) is 2.91. The second kappa shape index (κ2) is 8.19. The highest BCUT2D eigenvalue weighted by Gasteiger charge is 2.25. The standard InChI is InChI=1S/C24H22N2O3/c1-2-17-9-13-20(14-10-17)25-24(28)19-11-7-18(8-12-19)15-26-21-5-3-4-6-22(21)29-16-23(26)27/h3-14H,2,15-16H2,1H3,(H,25,28). The summed E-state index contributed by atoms with van der Waals surface area (Å²) in [4.78, 5) is 26.5. The van der Waals surface area contributed by atoms with Crippen LogP contribution in [0.3, 0.4) is 0 Å². The first-order valence-electron chi connectivity index (χ1n) is 9.65. The van der Waals surface area contributed by atoms with Gasteiger partial charge >= 0.3 is 0 Å². The number of hydrogen-bond acceptors (Lipinski definition) is 3. The third-order valence-corrected chi connectivity index (χ3v) is 4.99. The number of para-hydroxylation sites is 2. The second-order valence-electron chi connectivity index (χ2n) is 6.94. The largest absolute Gasteiger partial charge is 0.482 e. The molecular formula is C24H22N2O3. The van der Waals surface area contributed by atoms with Gasteiger partial charge in [-0.05, 0) is 53.9 Å². The number of aryl methyl sites for hydroxylation is 1. The molecule has 0 unspecified atom stereocenters. The van der Waals surface area contributed by atoms with Gasteiger partial charge in [-0.3, -0.25) is 9.59 Å². The second-order valence-corrected chi connectivity index (χ2v) is 6.94. The molecule has 146 valence electrons. The fraction of sp³-hybridized carbons (Fsp3) is 0.167. The van der Waals surface area contributed by atoms with E-state index in [1.165, 1.54) is 5.56 Å². The molecule has 0 spiro atoms. The molecule has 0 atom stereocenters. The van der Waals surface area contributed by atoms with Gasteiger partial charge in [0.1, 0.15) is 5.75 Å². The predicted molar refractivity (Wildman–Crippen MR) is 113 cm³/mol. The molecule has 1 heterocycles. The summed E-state index contributed by atoms with van der Waals surface area (Å²) in [6.07, 6.45) is 0.964. The number of benzene rings is 3. The van der Waals surface area contributed by atoms with Crippen molar-refractivity contribution in [1.29, 1.82) is 0 Å². The summed E-state index contributed by atoms with van der Waals surface area (Å²) in [6.45, 7) is 2.56. The number of anilines is 2. The fourth-order valence-electron chi connectivity index (χ4n) is 3.30. The Kier molecular flexibility index (Phi) is 5.29. The van der Waals surface area contributed by atoms with Crippen molar-refractivity contribution < 1.29 is 14.3 Å². The number of nitrogens with one attached hydrogen (secondary N) is 1. The molecule has 4 rings (SSSR count). The first kappa shape index (κ1) is 18.7. The molecule has 5 nitrogen and oxygen atoms in total. The van der Waals surface area contributed by atoms with E-state index in [9.17, 15) is 9.59 Å². The van der Waals surface area contributed by atoms with Crippen LogP contribution in [0.25, 0.3) is 0 Å². The molecule has 5 heteroatoms. The van der Waals surface area contributed by atoms with Crippen LogP contribution in [-0.4, -0.2) is 18.4 Å². The van der Waals surface area contributed by atoms with E-state index in [0.29, 0.717) is 17.9 Å². The van der Waals surface area contributed by atoms with Crippen molar-refractivity contribution in [2.75, 3.05) is 16.8 Å². The Morgan fingerprint density at radius 2 is 1.66 bits per heavy atom. The maximum Gasteiger partial charge on any atom is 0.265 e. The molecule has 1 aliphatic rings. The molecule has 0 saturated carbocycles. The van der Waals surface area contributed by atoms with E-state index in [1.54, 1.807) is 17.0 Å². The lowest BCUT2D eigenvalue weighted by atomic mass is 10.1. The Bertz CT molecular complexity index is 1030. The summed E-state index contributed by atoms with van der Waals surface area (Å²) in [5.41, 5.74) is 4.28. The molecule has 2 amide bonds. The molecule has 3 aromatic carbocycles. The number of hydrogen-bond donors (Lipinski definition) is 1. The average molecular weight is 386 g/mol. The van der Waals surface area contributed by atoms with Gasteiger partial charge in [-0.25, -0.2) is 0 Å². The van der Waals surface area contributed by atoms with E-state index in [1.807, 2.05) is 60.7 Å². The fourth-order valence-corrected chi connectivity index (χ4v) is 3.30. The maximum atomic E-state index is 12.5. The number of fused-ring (bicyclic) bond motifs is 1. The van der Waals surface area contributed by atoms with Crippen molar-refractivity contribution in [1.82, 2.24) is 0 Å². The van der Waals surface area contributed by atoms with E-state index in [-0.39, 0.29) is 18.4 Å². The minimum absolute atomic E-state index is 0.0360. The number of carbonyl (C=O) groups is 2. The number of amides is 2. The van der Waals surface area contributed by atoms with Crippen LogP contribution < -0.4 is 15.0 Å². The molecule has 29 heavy (non-hydrogen) atoms. The topological polar surface area (TPSA) is 58.6 Å². The van der Waals surface area contributed by atoms with Gasteiger partial charge in [-0.2, -0.15) is 0 Å². The van der Waals surface area contributed by atoms with Crippen molar-refractivity contribution in [3.05, 3.63) is 89.5 Å². The highest BCUT2D eigenvalue weighted by Crippen LogP contribution is 2.32. The van der Waals surface area contributed by atoms with Gasteiger partial charge in [0.2, 0.25) is 0 Å². The third kappa shape index (κ3) is 4.14. The minimum Gasteiger partial charge on any atom is -0.482 e. The number of rotatable bonds is 5. The zero-order valence-electron chi connectivity index (χ0n) is 16.2. The zero-order chi connectivity index (χ0) is 20.2. The molecular weight excluding hydrogens is 364 g/mol. The van der Waals surface area contributed by atoms with Crippen LogP contribution in [0.4, 0.5) is 11.4 Å². The quantitative estimate of drug-likeness (QED) is 0.706. The summed E-state index contributed by atoms with van der Waals surface area (Å²) in [7, 11) is 0.